The van der Waals surface area contributed by atoms with Crippen molar-refractivity contribution < 1.29 is 4.74 Å². The van der Waals surface area contributed by atoms with Gasteiger partial charge < -0.3 is 15.0 Å². The number of nitriles is 1. The minimum atomic E-state index is 0.0951. The molecule has 5 aliphatic rings. The molecule has 3 aromatic rings. The fraction of sp³-hybridized carbons (Fsp3) is 0.448. The van der Waals surface area contributed by atoms with Gasteiger partial charge in [-0.1, -0.05) is 12.1 Å². The van der Waals surface area contributed by atoms with Gasteiger partial charge in [-0.05, 0) is 54.5 Å². The number of ether oxygens (including phenoxy) is 1. The highest BCUT2D eigenvalue weighted by Gasteiger charge is 2.44. The van der Waals surface area contributed by atoms with Gasteiger partial charge in [-0.15, -0.1) is 0 Å². The summed E-state index contributed by atoms with van der Waals surface area (Å²) < 4.78 is 7.12. The van der Waals surface area contributed by atoms with Gasteiger partial charge >= 0.3 is 0 Å². The lowest BCUT2D eigenvalue weighted by atomic mass is 9.82. The average Bonchev–Trinajstić information content (AvgIpc) is 3.66. The SMILES string of the molecule is COc1ccc(CN2C3CC2CN(c2ccc(C4CC(C5CCNC5)=Cn5ncc(C#N)c54)cn2)C3)cn1. The number of nitrogens with one attached hydrogen (secondary N) is 1. The molecule has 4 unspecified atom stereocenters. The third-order valence-electron chi connectivity index (χ3n) is 8.81. The van der Waals surface area contributed by atoms with Crippen molar-refractivity contribution in [1.82, 2.24) is 30.0 Å². The first-order chi connectivity index (χ1) is 18.7. The zero-order valence-electron chi connectivity index (χ0n) is 21.6. The van der Waals surface area contributed by atoms with Crippen molar-refractivity contribution in [2.24, 2.45) is 5.92 Å². The Bertz CT molecular complexity index is 1370. The molecule has 4 atom stereocenters. The van der Waals surface area contributed by atoms with Crippen molar-refractivity contribution in [3.63, 3.8) is 0 Å². The standard InChI is InChI=1S/C29H32N8O/c1-38-28-5-2-19(11-33-28)15-36-24-9-25(36)18-35(17-24)27-4-3-21(13-32-27)26-8-22(20-6-7-31-12-20)16-37-29(26)23(10-30)14-34-37/h2-5,11,13-14,16,20,24-26,31H,6-9,12,15,17-18H2,1H3. The van der Waals surface area contributed by atoms with E-state index in [-0.39, 0.29) is 5.92 Å². The predicted molar refractivity (Wildman–Crippen MR) is 144 cm³/mol. The Kier molecular flexibility index (Phi) is 5.87. The van der Waals surface area contributed by atoms with Crippen LogP contribution in [0, 0.1) is 17.2 Å². The maximum atomic E-state index is 9.74. The van der Waals surface area contributed by atoms with Crippen LogP contribution in [0.3, 0.4) is 0 Å². The molecule has 1 N–H and O–H groups in total. The molecule has 9 nitrogen and oxygen atoms in total. The number of fused-ring (bicyclic) bond motifs is 3. The van der Waals surface area contributed by atoms with Gasteiger partial charge in [0.15, 0.2) is 0 Å². The maximum absolute atomic E-state index is 9.74. The third kappa shape index (κ3) is 4.05. The van der Waals surface area contributed by atoms with Gasteiger partial charge in [0.2, 0.25) is 5.88 Å². The second kappa shape index (κ2) is 9.53. The molecule has 2 bridgehead atoms. The average molecular weight is 509 g/mol. The molecular weight excluding hydrogens is 476 g/mol. The molecule has 0 amide bonds. The molecule has 38 heavy (non-hydrogen) atoms. The number of piperazine rings is 1. The van der Waals surface area contributed by atoms with Gasteiger partial charge in [0.05, 0.1) is 24.6 Å². The van der Waals surface area contributed by atoms with E-state index in [2.05, 4.69) is 55.7 Å². The quantitative estimate of drug-likeness (QED) is 0.543. The van der Waals surface area contributed by atoms with Gasteiger partial charge in [-0.2, -0.15) is 10.4 Å². The Labute approximate surface area is 222 Å². The predicted octanol–water partition coefficient (Wildman–Crippen LogP) is 3.00. The zero-order chi connectivity index (χ0) is 25.6. The van der Waals surface area contributed by atoms with Gasteiger partial charge in [0, 0.05) is 68.8 Å². The van der Waals surface area contributed by atoms with Gasteiger partial charge in [-0.3, -0.25) is 4.90 Å². The monoisotopic (exact) mass is 508 g/mol. The molecule has 0 radical (unpaired) electrons. The van der Waals surface area contributed by atoms with Crippen molar-refractivity contribution in [1.29, 1.82) is 5.26 Å². The molecule has 4 saturated heterocycles. The largest absolute Gasteiger partial charge is 0.481 e. The van der Waals surface area contributed by atoms with E-state index in [1.165, 1.54) is 17.6 Å². The molecule has 9 heteroatoms. The van der Waals surface area contributed by atoms with E-state index in [1.54, 1.807) is 13.3 Å². The summed E-state index contributed by atoms with van der Waals surface area (Å²) in [6, 6.07) is 11.8. The van der Waals surface area contributed by atoms with E-state index < -0.39 is 0 Å². The highest BCUT2D eigenvalue weighted by Crippen LogP contribution is 2.41. The molecule has 8 rings (SSSR count). The third-order valence-corrected chi connectivity index (χ3v) is 8.81. The zero-order valence-corrected chi connectivity index (χ0v) is 21.6. The Morgan fingerprint density at radius 2 is 2.00 bits per heavy atom. The molecule has 0 aromatic carbocycles. The summed E-state index contributed by atoms with van der Waals surface area (Å²) in [6.45, 7) is 4.98. The summed E-state index contributed by atoms with van der Waals surface area (Å²) in [6.07, 6.45) is 11.1. The topological polar surface area (TPSA) is 95.1 Å². The van der Waals surface area contributed by atoms with Crippen molar-refractivity contribution >= 4 is 12.0 Å². The Hall–Kier alpha value is -3.74. The van der Waals surface area contributed by atoms with Crippen LogP contribution in [-0.2, 0) is 6.54 Å². The van der Waals surface area contributed by atoms with E-state index in [0.717, 1.165) is 62.6 Å². The van der Waals surface area contributed by atoms with E-state index in [1.807, 2.05) is 23.1 Å². The van der Waals surface area contributed by atoms with Crippen LogP contribution in [0.15, 0.2) is 48.4 Å². The second-order valence-electron chi connectivity index (χ2n) is 10.9. The van der Waals surface area contributed by atoms with E-state index >= 15 is 0 Å². The molecular formula is C29H32N8O. The van der Waals surface area contributed by atoms with E-state index in [4.69, 9.17) is 9.72 Å². The summed E-state index contributed by atoms with van der Waals surface area (Å²) in [5.41, 5.74) is 5.43. The number of hydrogen-bond donors (Lipinski definition) is 1. The molecule has 4 fully saturated rings. The summed E-state index contributed by atoms with van der Waals surface area (Å²) in [4.78, 5) is 14.3. The van der Waals surface area contributed by atoms with Crippen LogP contribution in [0.2, 0.25) is 0 Å². The number of methoxy groups -OCH3 is 1. The van der Waals surface area contributed by atoms with Gasteiger partial charge in [0.25, 0.3) is 0 Å². The molecule has 0 spiro atoms. The minimum absolute atomic E-state index is 0.0951. The van der Waals surface area contributed by atoms with Crippen LogP contribution in [0.1, 0.15) is 47.6 Å². The Morgan fingerprint density at radius 1 is 1.11 bits per heavy atom. The summed E-state index contributed by atoms with van der Waals surface area (Å²) in [5.74, 6) is 2.32. The molecule has 0 saturated carbocycles. The summed E-state index contributed by atoms with van der Waals surface area (Å²) in [7, 11) is 1.65. The molecule has 5 aliphatic heterocycles. The van der Waals surface area contributed by atoms with Crippen LogP contribution in [-0.4, -0.2) is 70.0 Å². The summed E-state index contributed by atoms with van der Waals surface area (Å²) >= 11 is 0. The van der Waals surface area contributed by atoms with E-state index in [0.29, 0.717) is 29.4 Å². The number of rotatable bonds is 6. The number of pyridine rings is 2. The van der Waals surface area contributed by atoms with Gasteiger partial charge in [-0.25, -0.2) is 14.6 Å². The fourth-order valence-corrected chi connectivity index (χ4v) is 6.73. The lowest BCUT2D eigenvalue weighted by Gasteiger charge is -2.56. The van der Waals surface area contributed by atoms with Gasteiger partial charge in [0.1, 0.15) is 11.9 Å². The normalized spacial score (nSPS) is 26.3. The van der Waals surface area contributed by atoms with Crippen molar-refractivity contribution in [3.8, 4) is 11.9 Å². The molecule has 3 aromatic heterocycles. The minimum Gasteiger partial charge on any atom is -0.481 e. The number of aromatic nitrogens is 4. The Balaban J connectivity index is 1.06. The first-order valence-corrected chi connectivity index (χ1v) is 13.5. The highest BCUT2D eigenvalue weighted by molar-refractivity contribution is 5.51. The maximum Gasteiger partial charge on any atom is 0.212 e. The number of nitrogens with zero attached hydrogens (tertiary/aromatic N) is 7. The summed E-state index contributed by atoms with van der Waals surface area (Å²) in [5, 5.41) is 17.7. The second-order valence-corrected chi connectivity index (χ2v) is 10.9. The number of hydrogen-bond acceptors (Lipinski definition) is 8. The molecule has 0 aliphatic carbocycles. The van der Waals surface area contributed by atoms with E-state index in [9.17, 15) is 5.26 Å². The Morgan fingerprint density at radius 3 is 2.68 bits per heavy atom. The van der Waals surface area contributed by atoms with Crippen LogP contribution in [0.25, 0.3) is 6.20 Å². The van der Waals surface area contributed by atoms with Crippen molar-refractivity contribution in [2.45, 2.75) is 43.8 Å². The van der Waals surface area contributed by atoms with Crippen LogP contribution < -0.4 is 15.0 Å². The number of piperidine rings is 1. The first-order valence-electron chi connectivity index (χ1n) is 13.5. The lowest BCUT2D eigenvalue weighted by molar-refractivity contribution is -0.00877. The van der Waals surface area contributed by atoms with Crippen LogP contribution in [0.4, 0.5) is 5.82 Å². The highest BCUT2D eigenvalue weighted by atomic mass is 16.5. The smallest absolute Gasteiger partial charge is 0.212 e. The molecule has 194 valence electrons. The van der Waals surface area contributed by atoms with Crippen LogP contribution in [0.5, 0.6) is 5.88 Å². The lowest BCUT2D eigenvalue weighted by Crippen LogP contribution is -2.68. The fourth-order valence-electron chi connectivity index (χ4n) is 6.73. The number of anilines is 1. The van der Waals surface area contributed by atoms with Crippen molar-refractivity contribution in [3.05, 3.63) is 70.8 Å². The molecule has 8 heterocycles. The van der Waals surface area contributed by atoms with Crippen molar-refractivity contribution in [2.75, 3.05) is 38.2 Å². The first kappa shape index (κ1) is 23.4. The van der Waals surface area contributed by atoms with Crippen LogP contribution >= 0.6 is 0 Å².